The molecule has 0 saturated carbocycles. The maximum atomic E-state index is 10.1. The number of amides is 1. The number of hydrogen-bond acceptors (Lipinski definition) is 1. The predicted octanol–water partition coefficient (Wildman–Crippen LogP) is -0.694. The van der Waals surface area contributed by atoms with Crippen molar-refractivity contribution in [3.8, 4) is 0 Å². The average molecular weight is 102 g/mol. The van der Waals surface area contributed by atoms with Gasteiger partial charge in [0.25, 0.3) is 5.91 Å². The third-order valence-corrected chi connectivity index (χ3v) is 1.20. The molecular formula is C3H4NOS+. The van der Waals surface area contributed by atoms with E-state index in [1.165, 1.54) is 11.5 Å². The van der Waals surface area contributed by atoms with Crippen LogP contribution in [-0.4, -0.2) is 11.3 Å². The second-order valence-corrected chi connectivity index (χ2v) is 1.79. The first-order valence-corrected chi connectivity index (χ1v) is 2.54. The normalized spacial score (nSPS) is 18.3. The van der Waals surface area contributed by atoms with Gasteiger partial charge in [-0.15, -0.1) is 4.72 Å². The average Bonchev–Trinajstić information content (AvgIpc) is 1.86. The summed E-state index contributed by atoms with van der Waals surface area (Å²) < 4.78 is 2.54. The van der Waals surface area contributed by atoms with Gasteiger partial charge >= 0.3 is 11.5 Å². The molecule has 6 heavy (non-hydrogen) atoms. The lowest BCUT2D eigenvalue weighted by Gasteiger charge is -1.66. The van der Waals surface area contributed by atoms with Crippen molar-refractivity contribution in [1.82, 2.24) is 4.72 Å². The van der Waals surface area contributed by atoms with Crippen LogP contribution in [0.15, 0.2) is 0 Å². The van der Waals surface area contributed by atoms with Crippen molar-refractivity contribution < 1.29 is 4.79 Å². The fourth-order valence-corrected chi connectivity index (χ4v) is 0.799. The Bertz CT molecular complexity index is 89.0. The Balaban J connectivity index is 2.52. The molecule has 0 bridgehead atoms. The smallest absolute Gasteiger partial charge is 0.270 e. The van der Waals surface area contributed by atoms with E-state index in [-0.39, 0.29) is 5.91 Å². The zero-order valence-corrected chi connectivity index (χ0v) is 3.92. The second kappa shape index (κ2) is 1.34. The maximum absolute atomic E-state index is 10.1. The molecule has 1 aliphatic rings. The Hall–Kier alpha value is -0.440. The summed E-state index contributed by atoms with van der Waals surface area (Å²) in [6.07, 6.45) is 0.574. The monoisotopic (exact) mass is 102 g/mol. The van der Waals surface area contributed by atoms with Crippen LogP contribution in [0.25, 0.3) is 0 Å². The minimum Gasteiger partial charge on any atom is -0.270 e. The van der Waals surface area contributed by atoms with E-state index >= 15 is 0 Å². The van der Waals surface area contributed by atoms with Crippen molar-refractivity contribution in [2.24, 2.45) is 0 Å². The molecular weight excluding hydrogens is 98.1 g/mol. The minimum atomic E-state index is 0.111. The van der Waals surface area contributed by atoms with E-state index in [0.29, 0.717) is 6.42 Å². The van der Waals surface area contributed by atoms with Gasteiger partial charge in [0, 0.05) is 0 Å². The van der Waals surface area contributed by atoms with Crippen LogP contribution in [0.5, 0.6) is 0 Å². The number of hydrogen-bond donors (Lipinski definition) is 1. The molecule has 0 unspecified atom stereocenters. The molecule has 0 radical (unpaired) electrons. The Kier molecular flexibility index (Phi) is 0.837. The summed E-state index contributed by atoms with van der Waals surface area (Å²) in [4.78, 5) is 10.1. The van der Waals surface area contributed by atoms with Crippen molar-refractivity contribution in [2.45, 2.75) is 6.42 Å². The van der Waals surface area contributed by atoms with Gasteiger partial charge in [-0.2, -0.15) is 0 Å². The predicted molar refractivity (Wildman–Crippen MR) is 26.2 cm³/mol. The Morgan fingerprint density at radius 2 is 2.83 bits per heavy atom. The van der Waals surface area contributed by atoms with Crippen LogP contribution < -0.4 is 4.72 Å². The first-order valence-electron chi connectivity index (χ1n) is 1.66. The van der Waals surface area contributed by atoms with Gasteiger partial charge < -0.3 is 0 Å². The van der Waals surface area contributed by atoms with E-state index in [1.54, 1.807) is 0 Å². The van der Waals surface area contributed by atoms with E-state index in [2.05, 4.69) is 4.72 Å². The van der Waals surface area contributed by atoms with Crippen molar-refractivity contribution in [3.63, 3.8) is 0 Å². The summed E-state index contributed by atoms with van der Waals surface area (Å²) in [6, 6.07) is 0. The number of rotatable bonds is 0. The number of carbonyl (C=O) groups is 1. The van der Waals surface area contributed by atoms with Gasteiger partial charge in [0.15, 0.2) is 0 Å². The SMILES string of the molecule is O=C1CC=[S+]N1. The molecule has 0 spiro atoms. The summed E-state index contributed by atoms with van der Waals surface area (Å²) in [7, 11) is 0. The highest BCUT2D eigenvalue weighted by Crippen LogP contribution is 1.77. The third kappa shape index (κ3) is 0.542. The highest BCUT2D eigenvalue weighted by molar-refractivity contribution is 7.76. The summed E-state index contributed by atoms with van der Waals surface area (Å²) in [6.45, 7) is 0. The Labute approximate surface area is 39.6 Å². The summed E-state index contributed by atoms with van der Waals surface area (Å²) in [5.74, 6) is 0.111. The molecule has 0 atom stereocenters. The Morgan fingerprint density at radius 1 is 2.00 bits per heavy atom. The van der Waals surface area contributed by atoms with Gasteiger partial charge in [-0.25, -0.2) is 0 Å². The molecule has 1 amide bonds. The quantitative estimate of drug-likeness (QED) is 0.245. The van der Waals surface area contributed by atoms with Gasteiger partial charge in [-0.1, -0.05) is 0 Å². The molecule has 0 aromatic heterocycles. The van der Waals surface area contributed by atoms with Crippen LogP contribution in [0.4, 0.5) is 0 Å². The fraction of sp³-hybridized carbons (Fsp3) is 0.333. The van der Waals surface area contributed by atoms with E-state index < -0.39 is 0 Å². The van der Waals surface area contributed by atoms with Crippen molar-refractivity contribution in [2.75, 3.05) is 0 Å². The van der Waals surface area contributed by atoms with Crippen LogP contribution in [0.2, 0.25) is 0 Å². The van der Waals surface area contributed by atoms with Crippen LogP contribution >= 0.6 is 0 Å². The molecule has 3 heteroatoms. The molecule has 1 N–H and O–H groups in total. The molecule has 1 aliphatic heterocycles. The standard InChI is InChI=1S/C3H3NOS/c5-3-1-2-6-4-3/h2H,1H2/p+1. The van der Waals surface area contributed by atoms with Crippen molar-refractivity contribution in [3.05, 3.63) is 0 Å². The molecule has 0 aromatic rings. The molecule has 0 aromatic carbocycles. The first-order chi connectivity index (χ1) is 2.89. The van der Waals surface area contributed by atoms with Crippen molar-refractivity contribution in [1.29, 1.82) is 0 Å². The van der Waals surface area contributed by atoms with Gasteiger partial charge in [-0.05, 0) is 0 Å². The molecule has 0 aliphatic carbocycles. The summed E-state index contributed by atoms with van der Waals surface area (Å²) >= 11 is 1.36. The lowest BCUT2D eigenvalue weighted by atomic mass is 10.5. The summed E-state index contributed by atoms with van der Waals surface area (Å²) in [5.41, 5.74) is 0. The second-order valence-electron chi connectivity index (χ2n) is 1.01. The largest absolute Gasteiger partial charge is 0.324 e. The molecule has 0 saturated heterocycles. The van der Waals surface area contributed by atoms with E-state index in [9.17, 15) is 4.79 Å². The minimum absolute atomic E-state index is 0.111. The zero-order valence-electron chi connectivity index (χ0n) is 3.10. The van der Waals surface area contributed by atoms with E-state index in [1.807, 2.05) is 5.37 Å². The van der Waals surface area contributed by atoms with E-state index in [0.717, 1.165) is 0 Å². The van der Waals surface area contributed by atoms with Crippen LogP contribution in [0, 0.1) is 0 Å². The number of nitrogens with one attached hydrogen (secondary N) is 1. The van der Waals surface area contributed by atoms with E-state index in [4.69, 9.17) is 0 Å². The van der Waals surface area contributed by atoms with Crippen LogP contribution in [0.3, 0.4) is 0 Å². The summed E-state index contributed by atoms with van der Waals surface area (Å²) in [5, 5.41) is 1.84. The Morgan fingerprint density at radius 3 is 3.00 bits per heavy atom. The van der Waals surface area contributed by atoms with Crippen LogP contribution in [0.1, 0.15) is 6.42 Å². The van der Waals surface area contributed by atoms with Crippen molar-refractivity contribution >= 4 is 22.8 Å². The topological polar surface area (TPSA) is 29.1 Å². The first kappa shape index (κ1) is 3.74. The molecule has 1 rings (SSSR count). The van der Waals surface area contributed by atoms with Gasteiger partial charge in [-0.3, -0.25) is 4.79 Å². The highest BCUT2D eigenvalue weighted by atomic mass is 32.1. The maximum Gasteiger partial charge on any atom is 0.324 e. The molecule has 0 fully saturated rings. The van der Waals surface area contributed by atoms with Gasteiger partial charge in [0.05, 0.1) is 0 Å². The number of carbonyl (C=O) groups excluding carboxylic acids is 1. The lowest BCUT2D eigenvalue weighted by molar-refractivity contribution is -0.117. The van der Waals surface area contributed by atoms with Crippen LogP contribution in [-0.2, 0) is 16.3 Å². The molecule has 32 valence electrons. The molecule has 2 nitrogen and oxygen atoms in total. The highest BCUT2D eigenvalue weighted by Gasteiger charge is 2.12. The fourth-order valence-electron chi connectivity index (χ4n) is 0.266. The molecule has 1 heterocycles. The van der Waals surface area contributed by atoms with Gasteiger partial charge in [0.2, 0.25) is 5.37 Å². The lowest BCUT2D eigenvalue weighted by Crippen LogP contribution is -2.09. The van der Waals surface area contributed by atoms with Gasteiger partial charge in [0.1, 0.15) is 6.42 Å². The third-order valence-electron chi connectivity index (χ3n) is 0.525. The zero-order chi connectivity index (χ0) is 4.41.